The summed E-state index contributed by atoms with van der Waals surface area (Å²) < 4.78 is 48.3. The SMILES string of the molecule is CS(=O)(=O)CCS(=O)(=O)NC(CBr)Cc1ccccc1. The van der Waals surface area contributed by atoms with Gasteiger partial charge in [0.15, 0.2) is 0 Å². The molecular weight excluding hydrogens is 366 g/mol. The number of alkyl halides is 1. The second-order valence-electron chi connectivity index (χ2n) is 4.61. The van der Waals surface area contributed by atoms with Gasteiger partial charge in [-0.3, -0.25) is 0 Å². The predicted octanol–water partition coefficient (Wildman–Crippen LogP) is 0.957. The van der Waals surface area contributed by atoms with Gasteiger partial charge in [-0.1, -0.05) is 46.3 Å². The van der Waals surface area contributed by atoms with Crippen LogP contribution < -0.4 is 4.72 Å². The quantitative estimate of drug-likeness (QED) is 0.677. The van der Waals surface area contributed by atoms with Crippen LogP contribution in [-0.2, 0) is 26.3 Å². The van der Waals surface area contributed by atoms with Gasteiger partial charge in [0, 0.05) is 17.6 Å². The van der Waals surface area contributed by atoms with Gasteiger partial charge >= 0.3 is 0 Å². The zero-order valence-electron chi connectivity index (χ0n) is 11.1. The Kier molecular flexibility index (Phi) is 6.63. The third kappa shape index (κ3) is 7.37. The second-order valence-corrected chi connectivity index (χ2v) is 9.39. The first-order chi connectivity index (χ1) is 9.22. The number of sulfone groups is 1. The summed E-state index contributed by atoms with van der Waals surface area (Å²) >= 11 is 3.27. The van der Waals surface area contributed by atoms with Gasteiger partial charge in [0.25, 0.3) is 0 Å². The third-order valence-electron chi connectivity index (χ3n) is 2.58. The second kappa shape index (κ2) is 7.53. The van der Waals surface area contributed by atoms with Crippen molar-refractivity contribution >= 4 is 35.8 Å². The molecule has 0 aromatic heterocycles. The minimum Gasteiger partial charge on any atom is -0.229 e. The lowest BCUT2D eigenvalue weighted by molar-refractivity contribution is 0.561. The Hall–Kier alpha value is -0.440. The average molecular weight is 384 g/mol. The highest BCUT2D eigenvalue weighted by atomic mass is 79.9. The molecule has 0 heterocycles. The smallest absolute Gasteiger partial charge is 0.212 e. The van der Waals surface area contributed by atoms with E-state index in [1.807, 2.05) is 30.3 Å². The maximum absolute atomic E-state index is 11.8. The highest BCUT2D eigenvalue weighted by molar-refractivity contribution is 9.09. The molecule has 0 radical (unpaired) electrons. The molecule has 20 heavy (non-hydrogen) atoms. The van der Waals surface area contributed by atoms with E-state index in [1.54, 1.807) is 0 Å². The molecule has 0 aliphatic heterocycles. The zero-order valence-corrected chi connectivity index (χ0v) is 14.3. The van der Waals surface area contributed by atoms with Crippen molar-refractivity contribution in [2.24, 2.45) is 0 Å². The first-order valence-corrected chi connectivity index (χ1v) is 10.8. The molecule has 0 spiro atoms. The summed E-state index contributed by atoms with van der Waals surface area (Å²) in [6.45, 7) is 0. The van der Waals surface area contributed by atoms with Crippen molar-refractivity contribution in [1.82, 2.24) is 4.72 Å². The maximum atomic E-state index is 11.8. The first-order valence-electron chi connectivity index (χ1n) is 5.99. The normalized spacial score (nSPS) is 14.1. The molecular formula is C12H18BrNO4S2. The number of sulfonamides is 1. The van der Waals surface area contributed by atoms with Crippen molar-refractivity contribution < 1.29 is 16.8 Å². The Bertz CT molecular complexity index is 614. The maximum Gasteiger partial charge on any atom is 0.212 e. The van der Waals surface area contributed by atoms with Gasteiger partial charge in [-0.05, 0) is 12.0 Å². The van der Waals surface area contributed by atoms with Crippen LogP contribution in [0, 0.1) is 0 Å². The number of halogens is 1. The molecule has 0 aliphatic carbocycles. The Morgan fingerprint density at radius 3 is 2.20 bits per heavy atom. The van der Waals surface area contributed by atoms with E-state index in [1.165, 1.54) is 0 Å². The lowest BCUT2D eigenvalue weighted by Crippen LogP contribution is -2.40. The lowest BCUT2D eigenvalue weighted by atomic mass is 10.1. The highest BCUT2D eigenvalue weighted by Crippen LogP contribution is 2.06. The van der Waals surface area contributed by atoms with Crippen LogP contribution in [0.4, 0.5) is 0 Å². The lowest BCUT2D eigenvalue weighted by Gasteiger charge is -2.16. The van der Waals surface area contributed by atoms with Gasteiger partial charge in [-0.15, -0.1) is 0 Å². The van der Waals surface area contributed by atoms with Gasteiger partial charge in [-0.2, -0.15) is 0 Å². The molecule has 1 rings (SSSR count). The Morgan fingerprint density at radius 1 is 1.10 bits per heavy atom. The molecule has 0 saturated heterocycles. The summed E-state index contributed by atoms with van der Waals surface area (Å²) in [6, 6.07) is 9.20. The summed E-state index contributed by atoms with van der Waals surface area (Å²) in [6.07, 6.45) is 1.57. The molecule has 1 unspecified atom stereocenters. The van der Waals surface area contributed by atoms with Crippen LogP contribution in [0.2, 0.25) is 0 Å². The molecule has 0 bridgehead atoms. The molecule has 114 valence electrons. The van der Waals surface area contributed by atoms with Gasteiger partial charge in [0.1, 0.15) is 9.84 Å². The third-order valence-corrected chi connectivity index (χ3v) is 6.00. The summed E-state index contributed by atoms with van der Waals surface area (Å²) in [5, 5.41) is 0.458. The van der Waals surface area contributed by atoms with Crippen LogP contribution in [0.3, 0.4) is 0 Å². The van der Waals surface area contributed by atoms with Crippen LogP contribution in [-0.4, -0.2) is 46.0 Å². The van der Waals surface area contributed by atoms with Gasteiger partial charge < -0.3 is 0 Å². The number of rotatable bonds is 8. The largest absolute Gasteiger partial charge is 0.229 e. The van der Waals surface area contributed by atoms with E-state index in [-0.39, 0.29) is 11.8 Å². The molecule has 5 nitrogen and oxygen atoms in total. The Labute approximate surface area is 128 Å². The van der Waals surface area contributed by atoms with Crippen LogP contribution in [0.5, 0.6) is 0 Å². The number of hydrogen-bond acceptors (Lipinski definition) is 4. The van der Waals surface area contributed by atoms with Crippen molar-refractivity contribution in [3.63, 3.8) is 0 Å². The zero-order chi connectivity index (χ0) is 15.2. The summed E-state index contributed by atoms with van der Waals surface area (Å²) in [7, 11) is -6.89. The number of hydrogen-bond donors (Lipinski definition) is 1. The highest BCUT2D eigenvalue weighted by Gasteiger charge is 2.19. The van der Waals surface area contributed by atoms with Crippen LogP contribution in [0.1, 0.15) is 5.56 Å². The molecule has 0 amide bonds. The molecule has 8 heteroatoms. The van der Waals surface area contributed by atoms with Crippen molar-refractivity contribution in [1.29, 1.82) is 0 Å². The minimum absolute atomic E-state index is 0.304. The van der Waals surface area contributed by atoms with Crippen LogP contribution >= 0.6 is 15.9 Å². The monoisotopic (exact) mass is 383 g/mol. The topological polar surface area (TPSA) is 80.3 Å². The molecule has 1 aromatic carbocycles. The predicted molar refractivity (Wildman–Crippen MR) is 84.4 cm³/mol. The van der Waals surface area contributed by atoms with E-state index in [2.05, 4.69) is 20.7 Å². The number of benzene rings is 1. The standard InChI is InChI=1S/C12H18BrNO4S2/c1-19(15,16)7-8-20(17,18)14-12(10-13)9-11-5-3-2-4-6-11/h2-6,12,14H,7-10H2,1H3. The molecule has 0 fully saturated rings. The van der Waals surface area contributed by atoms with Crippen LogP contribution in [0.25, 0.3) is 0 Å². The Balaban J connectivity index is 2.63. The Morgan fingerprint density at radius 2 is 1.70 bits per heavy atom. The van der Waals surface area contributed by atoms with E-state index in [9.17, 15) is 16.8 Å². The van der Waals surface area contributed by atoms with Crippen molar-refractivity contribution in [3.8, 4) is 0 Å². The molecule has 1 aromatic rings. The summed E-state index contributed by atoms with van der Waals surface area (Å²) in [5.74, 6) is -0.785. The van der Waals surface area contributed by atoms with E-state index >= 15 is 0 Å². The molecule has 0 saturated carbocycles. The van der Waals surface area contributed by atoms with Crippen molar-refractivity contribution in [2.45, 2.75) is 12.5 Å². The van der Waals surface area contributed by atoms with Crippen LogP contribution in [0.15, 0.2) is 30.3 Å². The summed E-state index contributed by atoms with van der Waals surface area (Å²) in [4.78, 5) is 0. The average Bonchev–Trinajstić information content (AvgIpc) is 2.36. The first kappa shape index (κ1) is 17.6. The minimum atomic E-state index is -3.61. The molecule has 1 atom stereocenters. The number of nitrogens with one attached hydrogen (secondary N) is 1. The van der Waals surface area contributed by atoms with Crippen molar-refractivity contribution in [3.05, 3.63) is 35.9 Å². The molecule has 1 N–H and O–H groups in total. The fraction of sp³-hybridized carbons (Fsp3) is 0.500. The summed E-state index contributed by atoms with van der Waals surface area (Å²) in [5.41, 5.74) is 1.02. The van der Waals surface area contributed by atoms with E-state index in [0.717, 1.165) is 11.8 Å². The fourth-order valence-electron chi connectivity index (χ4n) is 1.60. The van der Waals surface area contributed by atoms with E-state index in [0.29, 0.717) is 11.8 Å². The fourth-order valence-corrected chi connectivity index (χ4v) is 5.09. The van der Waals surface area contributed by atoms with E-state index in [4.69, 9.17) is 0 Å². The van der Waals surface area contributed by atoms with Gasteiger partial charge in [0.2, 0.25) is 10.0 Å². The van der Waals surface area contributed by atoms with Gasteiger partial charge in [-0.25, -0.2) is 21.6 Å². The van der Waals surface area contributed by atoms with Gasteiger partial charge in [0.05, 0.1) is 11.5 Å². The van der Waals surface area contributed by atoms with E-state index < -0.39 is 25.6 Å². The molecule has 0 aliphatic rings. The van der Waals surface area contributed by atoms with Crippen molar-refractivity contribution in [2.75, 3.05) is 23.1 Å².